The van der Waals surface area contributed by atoms with Crippen molar-refractivity contribution in [3.05, 3.63) is 52.2 Å². The third-order valence-electron chi connectivity index (χ3n) is 2.67. The summed E-state index contributed by atoms with van der Waals surface area (Å²) in [6, 6.07) is 10.0. The highest BCUT2D eigenvalue weighted by Crippen LogP contribution is 2.16. The monoisotopic (exact) mass is 260 g/mol. The Morgan fingerprint density at radius 2 is 1.94 bits per heavy atom. The molecule has 0 amide bonds. The zero-order valence-corrected chi connectivity index (χ0v) is 11.2. The Morgan fingerprint density at radius 3 is 2.56 bits per heavy atom. The van der Waals surface area contributed by atoms with Gasteiger partial charge >= 0.3 is 0 Å². The van der Waals surface area contributed by atoms with Crippen molar-refractivity contribution in [1.29, 1.82) is 0 Å². The maximum absolute atomic E-state index is 10.9. The molecule has 0 atom stereocenters. The Hall–Kier alpha value is -1.61. The summed E-state index contributed by atoms with van der Waals surface area (Å²) in [6.07, 6.45) is 1.41. The molecule has 0 aliphatic carbocycles. The number of rotatable bonds is 6. The largest absolute Gasteiger partial charge is 0.489 e. The molecule has 0 saturated carbocycles. The van der Waals surface area contributed by atoms with Crippen LogP contribution in [0.3, 0.4) is 0 Å². The quantitative estimate of drug-likeness (QED) is 0.788. The summed E-state index contributed by atoms with van der Waals surface area (Å²) in [7, 11) is 0. The van der Waals surface area contributed by atoms with Gasteiger partial charge in [-0.05, 0) is 53.4 Å². The highest BCUT2D eigenvalue weighted by atomic mass is 32.1. The fourth-order valence-electron chi connectivity index (χ4n) is 1.61. The second-order valence-corrected chi connectivity index (χ2v) is 5.05. The van der Waals surface area contributed by atoms with Crippen LogP contribution in [0.5, 0.6) is 5.75 Å². The van der Waals surface area contributed by atoms with Crippen molar-refractivity contribution < 1.29 is 9.53 Å². The molecule has 94 valence electrons. The summed E-state index contributed by atoms with van der Waals surface area (Å²) < 4.78 is 5.67. The number of carbonyl (C=O) groups is 1. The van der Waals surface area contributed by atoms with E-state index in [9.17, 15) is 4.79 Å². The molecule has 0 N–H and O–H groups in total. The van der Waals surface area contributed by atoms with Gasteiger partial charge in [0.2, 0.25) is 0 Å². The topological polar surface area (TPSA) is 26.3 Å². The maximum Gasteiger partial charge on any atom is 0.130 e. The molecule has 0 radical (unpaired) electrons. The van der Waals surface area contributed by atoms with Crippen molar-refractivity contribution in [3.63, 3.8) is 0 Å². The van der Waals surface area contributed by atoms with Crippen LogP contribution in [0.25, 0.3) is 0 Å². The van der Waals surface area contributed by atoms with E-state index in [1.165, 1.54) is 11.1 Å². The first-order valence-corrected chi connectivity index (χ1v) is 6.90. The first kappa shape index (κ1) is 12.8. The first-order chi connectivity index (χ1) is 8.74. The lowest BCUT2D eigenvalue weighted by atomic mass is 10.1. The summed E-state index contributed by atoms with van der Waals surface area (Å²) in [4.78, 5) is 10.9. The van der Waals surface area contributed by atoms with Gasteiger partial charge in [-0.2, -0.15) is 11.3 Å². The number of hydrogen-bond acceptors (Lipinski definition) is 3. The molecule has 0 bridgehead atoms. The molecule has 0 aliphatic heterocycles. The SMILES string of the molecule is CC(=O)CCc1ccc(OCc2ccsc2)cc1. The summed E-state index contributed by atoms with van der Waals surface area (Å²) in [5.41, 5.74) is 2.37. The predicted octanol–water partition coefficient (Wildman–Crippen LogP) is 3.85. The van der Waals surface area contributed by atoms with Gasteiger partial charge in [0, 0.05) is 6.42 Å². The van der Waals surface area contributed by atoms with E-state index >= 15 is 0 Å². The first-order valence-electron chi connectivity index (χ1n) is 5.96. The van der Waals surface area contributed by atoms with Crippen LogP contribution in [0.2, 0.25) is 0 Å². The van der Waals surface area contributed by atoms with Crippen LogP contribution in [-0.2, 0) is 17.8 Å². The number of thiophene rings is 1. The van der Waals surface area contributed by atoms with Gasteiger partial charge in [0.05, 0.1) is 0 Å². The number of aryl methyl sites for hydroxylation is 1. The van der Waals surface area contributed by atoms with Gasteiger partial charge < -0.3 is 9.53 Å². The third kappa shape index (κ3) is 4.00. The van der Waals surface area contributed by atoms with Crippen molar-refractivity contribution in [3.8, 4) is 5.75 Å². The predicted molar refractivity (Wildman–Crippen MR) is 74.1 cm³/mol. The van der Waals surface area contributed by atoms with E-state index in [0.717, 1.165) is 12.2 Å². The lowest BCUT2D eigenvalue weighted by Gasteiger charge is -2.06. The van der Waals surface area contributed by atoms with Crippen molar-refractivity contribution >= 4 is 17.1 Å². The second-order valence-electron chi connectivity index (χ2n) is 4.27. The molecular weight excluding hydrogens is 244 g/mol. The van der Waals surface area contributed by atoms with Crippen molar-refractivity contribution in [2.75, 3.05) is 0 Å². The van der Waals surface area contributed by atoms with E-state index in [0.29, 0.717) is 13.0 Å². The van der Waals surface area contributed by atoms with Crippen molar-refractivity contribution in [1.82, 2.24) is 0 Å². The van der Waals surface area contributed by atoms with Crippen LogP contribution in [0.15, 0.2) is 41.1 Å². The Balaban J connectivity index is 1.85. The van der Waals surface area contributed by atoms with Gasteiger partial charge in [0.1, 0.15) is 18.1 Å². The minimum atomic E-state index is 0.229. The van der Waals surface area contributed by atoms with Crippen molar-refractivity contribution in [2.45, 2.75) is 26.4 Å². The van der Waals surface area contributed by atoms with Crippen LogP contribution in [0.1, 0.15) is 24.5 Å². The molecule has 1 aromatic carbocycles. The summed E-state index contributed by atoms with van der Waals surface area (Å²) in [5, 5.41) is 4.13. The standard InChI is InChI=1S/C15H16O2S/c1-12(16)2-3-13-4-6-15(7-5-13)17-10-14-8-9-18-11-14/h4-9,11H,2-3,10H2,1H3. The molecule has 0 spiro atoms. The molecule has 1 heterocycles. The molecule has 2 aromatic rings. The summed E-state index contributed by atoms with van der Waals surface area (Å²) in [6.45, 7) is 2.23. The average molecular weight is 260 g/mol. The third-order valence-corrected chi connectivity index (χ3v) is 3.41. The van der Waals surface area contributed by atoms with E-state index in [-0.39, 0.29) is 5.78 Å². The lowest BCUT2D eigenvalue weighted by Crippen LogP contribution is -1.95. The summed E-state index contributed by atoms with van der Waals surface area (Å²) >= 11 is 1.67. The van der Waals surface area contributed by atoms with Crippen LogP contribution in [0, 0.1) is 0 Å². The molecule has 1 aromatic heterocycles. The number of Topliss-reactive ketones (excluding diaryl/α,β-unsaturated/α-hetero) is 1. The number of ketones is 1. The Kier molecular flexibility index (Phi) is 4.53. The zero-order valence-electron chi connectivity index (χ0n) is 10.4. The Morgan fingerprint density at radius 1 is 1.17 bits per heavy atom. The van der Waals surface area contributed by atoms with Crippen LogP contribution >= 0.6 is 11.3 Å². The van der Waals surface area contributed by atoms with Gasteiger partial charge in [0.25, 0.3) is 0 Å². The smallest absolute Gasteiger partial charge is 0.130 e. The highest BCUT2D eigenvalue weighted by Gasteiger charge is 1.99. The van der Waals surface area contributed by atoms with Crippen molar-refractivity contribution in [2.24, 2.45) is 0 Å². The minimum Gasteiger partial charge on any atom is -0.489 e. The molecule has 0 unspecified atom stereocenters. The van der Waals surface area contributed by atoms with E-state index in [4.69, 9.17) is 4.74 Å². The molecule has 2 nitrogen and oxygen atoms in total. The number of ether oxygens (including phenoxy) is 1. The van der Waals surface area contributed by atoms with Gasteiger partial charge in [0.15, 0.2) is 0 Å². The molecule has 0 fully saturated rings. The molecule has 2 rings (SSSR count). The maximum atomic E-state index is 10.9. The van der Waals surface area contributed by atoms with Crippen LogP contribution in [-0.4, -0.2) is 5.78 Å². The second kappa shape index (κ2) is 6.36. The van der Waals surface area contributed by atoms with Gasteiger partial charge in [-0.15, -0.1) is 0 Å². The van der Waals surface area contributed by atoms with Gasteiger partial charge in [-0.3, -0.25) is 0 Å². The average Bonchev–Trinajstić information content (AvgIpc) is 2.88. The Bertz CT molecular complexity index is 486. The van der Waals surface area contributed by atoms with E-state index < -0.39 is 0 Å². The normalized spacial score (nSPS) is 10.3. The van der Waals surface area contributed by atoms with Crippen LogP contribution in [0.4, 0.5) is 0 Å². The number of benzene rings is 1. The molecule has 0 saturated heterocycles. The highest BCUT2D eigenvalue weighted by molar-refractivity contribution is 7.07. The van der Waals surface area contributed by atoms with E-state index in [1.54, 1.807) is 18.3 Å². The molecule has 18 heavy (non-hydrogen) atoms. The lowest BCUT2D eigenvalue weighted by molar-refractivity contribution is -0.116. The molecule has 0 aliphatic rings. The van der Waals surface area contributed by atoms with E-state index in [2.05, 4.69) is 11.4 Å². The van der Waals surface area contributed by atoms with Crippen LogP contribution < -0.4 is 4.74 Å². The number of hydrogen-bond donors (Lipinski definition) is 0. The molecule has 3 heteroatoms. The fraction of sp³-hybridized carbons (Fsp3) is 0.267. The molecular formula is C15H16O2S. The van der Waals surface area contributed by atoms with Gasteiger partial charge in [-0.1, -0.05) is 12.1 Å². The Labute approximate surface area is 111 Å². The fourth-order valence-corrected chi connectivity index (χ4v) is 2.27. The van der Waals surface area contributed by atoms with E-state index in [1.807, 2.05) is 29.6 Å². The summed E-state index contributed by atoms with van der Waals surface area (Å²) in [5.74, 6) is 1.10. The minimum absolute atomic E-state index is 0.229. The zero-order chi connectivity index (χ0) is 12.8. The number of carbonyl (C=O) groups excluding carboxylic acids is 1. The van der Waals surface area contributed by atoms with Gasteiger partial charge in [-0.25, -0.2) is 0 Å².